The molecule has 0 aromatic carbocycles. The normalized spacial score (nSPS) is 43.5. The Morgan fingerprint density at radius 1 is 1.53 bits per heavy atom. The van der Waals surface area contributed by atoms with Gasteiger partial charge in [-0.15, -0.1) is 0 Å². The molecule has 0 aromatic heterocycles. The molecule has 5 unspecified atom stereocenters. The Morgan fingerprint density at radius 2 is 2.21 bits per heavy atom. The Morgan fingerprint density at radius 3 is 2.84 bits per heavy atom. The minimum atomic E-state index is -0.465. The number of rotatable bonds is 3. The maximum atomic E-state index is 12.2. The Labute approximate surface area is 113 Å². The molecule has 1 heterocycles. The highest BCUT2D eigenvalue weighted by atomic mass is 16.6. The number of esters is 2. The molecule has 0 aromatic rings. The van der Waals surface area contributed by atoms with Gasteiger partial charge in [0, 0.05) is 11.8 Å². The van der Waals surface area contributed by atoms with Gasteiger partial charge in [-0.2, -0.15) is 0 Å². The van der Waals surface area contributed by atoms with Crippen LogP contribution in [0.4, 0.5) is 0 Å². The first-order valence-corrected chi connectivity index (χ1v) is 7.22. The van der Waals surface area contributed by atoms with Gasteiger partial charge < -0.3 is 9.47 Å². The van der Waals surface area contributed by atoms with E-state index >= 15 is 0 Å². The van der Waals surface area contributed by atoms with E-state index in [0.29, 0.717) is 5.92 Å². The van der Waals surface area contributed by atoms with Crippen LogP contribution in [-0.4, -0.2) is 24.1 Å². The summed E-state index contributed by atoms with van der Waals surface area (Å²) in [6, 6.07) is 0. The largest absolute Gasteiger partial charge is 0.458 e. The van der Waals surface area contributed by atoms with Crippen molar-refractivity contribution in [3.8, 4) is 0 Å². The number of ether oxygens (including phenoxy) is 2. The second kappa shape index (κ2) is 3.74. The number of carbonyl (C=O) groups is 2. The van der Waals surface area contributed by atoms with E-state index in [1.807, 2.05) is 27.7 Å². The van der Waals surface area contributed by atoms with E-state index in [1.54, 1.807) is 0 Å². The molecule has 0 spiro atoms. The van der Waals surface area contributed by atoms with Gasteiger partial charge in [-0.3, -0.25) is 9.59 Å². The number of fused-ring (bicyclic) bond motifs is 1. The minimum Gasteiger partial charge on any atom is -0.458 e. The Balaban J connectivity index is 1.76. The molecule has 4 nitrogen and oxygen atoms in total. The van der Waals surface area contributed by atoms with E-state index in [1.165, 1.54) is 0 Å². The smallest absolute Gasteiger partial charge is 0.312 e. The third-order valence-electron chi connectivity index (χ3n) is 5.64. The topological polar surface area (TPSA) is 52.6 Å². The first-order valence-electron chi connectivity index (χ1n) is 7.22. The first-order chi connectivity index (χ1) is 8.79. The molecule has 0 radical (unpaired) electrons. The zero-order valence-corrected chi connectivity index (χ0v) is 12.1. The molecule has 19 heavy (non-hydrogen) atoms. The van der Waals surface area contributed by atoms with E-state index in [2.05, 4.69) is 0 Å². The highest BCUT2D eigenvalue weighted by Gasteiger charge is 2.69. The van der Waals surface area contributed by atoms with Crippen LogP contribution in [0.5, 0.6) is 0 Å². The third-order valence-corrected chi connectivity index (χ3v) is 5.64. The molecule has 0 amide bonds. The lowest BCUT2D eigenvalue weighted by atomic mass is 9.75. The molecule has 2 aliphatic carbocycles. The van der Waals surface area contributed by atoms with Gasteiger partial charge in [-0.05, 0) is 40.0 Å². The molecule has 5 atom stereocenters. The van der Waals surface area contributed by atoms with E-state index in [4.69, 9.17) is 9.47 Å². The van der Waals surface area contributed by atoms with Crippen LogP contribution in [0, 0.1) is 22.7 Å². The maximum absolute atomic E-state index is 12.2. The van der Waals surface area contributed by atoms with Crippen LogP contribution >= 0.6 is 0 Å². The lowest BCUT2D eigenvalue weighted by molar-refractivity contribution is -0.170. The third kappa shape index (κ3) is 1.58. The van der Waals surface area contributed by atoms with Crippen LogP contribution in [0.1, 0.15) is 47.0 Å². The van der Waals surface area contributed by atoms with Crippen molar-refractivity contribution in [1.29, 1.82) is 0 Å². The average molecular weight is 266 g/mol. The summed E-state index contributed by atoms with van der Waals surface area (Å²) >= 11 is 0. The molecular weight excluding hydrogens is 244 g/mol. The van der Waals surface area contributed by atoms with E-state index in [-0.39, 0.29) is 35.5 Å². The molecule has 3 rings (SSSR count). The number of hydrogen-bond acceptors (Lipinski definition) is 4. The van der Waals surface area contributed by atoms with Crippen molar-refractivity contribution >= 4 is 11.9 Å². The zero-order chi connectivity index (χ0) is 14.0. The predicted octanol–water partition coefficient (Wildman–Crippen LogP) is 2.31. The van der Waals surface area contributed by atoms with Crippen LogP contribution in [0.2, 0.25) is 0 Å². The molecule has 1 saturated heterocycles. The molecule has 2 saturated carbocycles. The van der Waals surface area contributed by atoms with Gasteiger partial charge in [-0.25, -0.2) is 0 Å². The van der Waals surface area contributed by atoms with E-state index in [0.717, 1.165) is 19.3 Å². The molecule has 3 aliphatic rings. The lowest BCUT2D eigenvalue weighted by Crippen LogP contribution is -2.41. The fourth-order valence-corrected chi connectivity index (χ4v) is 3.84. The molecule has 2 bridgehead atoms. The summed E-state index contributed by atoms with van der Waals surface area (Å²) in [7, 11) is 0. The second-order valence-electron chi connectivity index (χ2n) is 7.20. The fourth-order valence-electron chi connectivity index (χ4n) is 3.84. The van der Waals surface area contributed by atoms with Crippen molar-refractivity contribution < 1.29 is 19.1 Å². The highest BCUT2D eigenvalue weighted by Crippen LogP contribution is 2.62. The summed E-state index contributed by atoms with van der Waals surface area (Å²) in [4.78, 5) is 24.1. The molecule has 0 N–H and O–H groups in total. The van der Waals surface area contributed by atoms with Crippen LogP contribution in [0.25, 0.3) is 0 Å². The van der Waals surface area contributed by atoms with Crippen molar-refractivity contribution in [2.75, 3.05) is 0 Å². The predicted molar refractivity (Wildman–Crippen MR) is 68.2 cm³/mol. The maximum Gasteiger partial charge on any atom is 0.312 e. The minimum absolute atomic E-state index is 0.0988. The van der Waals surface area contributed by atoms with Gasteiger partial charge in [0.25, 0.3) is 0 Å². The van der Waals surface area contributed by atoms with Crippen LogP contribution < -0.4 is 0 Å². The van der Waals surface area contributed by atoms with Gasteiger partial charge >= 0.3 is 11.9 Å². The quantitative estimate of drug-likeness (QED) is 0.736. The SMILES string of the molecule is CCC(C)(C)C(=O)OC1C2CC3C1OC(=O)C3(C)C2. The fraction of sp³-hybridized carbons (Fsp3) is 0.867. The highest BCUT2D eigenvalue weighted by molar-refractivity contribution is 5.81. The number of hydrogen-bond donors (Lipinski definition) is 0. The molecule has 4 heteroatoms. The second-order valence-corrected chi connectivity index (χ2v) is 7.20. The van der Waals surface area contributed by atoms with Gasteiger partial charge in [0.1, 0.15) is 12.2 Å². The average Bonchev–Trinajstić information content (AvgIpc) is 2.90. The summed E-state index contributed by atoms with van der Waals surface area (Å²) in [6.45, 7) is 7.77. The van der Waals surface area contributed by atoms with Crippen LogP contribution in [0.3, 0.4) is 0 Å². The summed E-state index contributed by atoms with van der Waals surface area (Å²) in [5.41, 5.74) is -0.785. The van der Waals surface area contributed by atoms with Crippen molar-refractivity contribution in [3.63, 3.8) is 0 Å². The van der Waals surface area contributed by atoms with Crippen molar-refractivity contribution in [1.82, 2.24) is 0 Å². The molecule has 1 aliphatic heterocycles. The summed E-state index contributed by atoms with van der Waals surface area (Å²) in [5.74, 6) is 0.270. The van der Waals surface area contributed by atoms with Crippen molar-refractivity contribution in [2.45, 2.75) is 59.2 Å². The first kappa shape index (κ1) is 12.9. The Hall–Kier alpha value is -1.06. The monoisotopic (exact) mass is 266 g/mol. The number of carbonyl (C=O) groups excluding carboxylic acids is 2. The van der Waals surface area contributed by atoms with Gasteiger partial charge in [0.2, 0.25) is 0 Å². The van der Waals surface area contributed by atoms with E-state index < -0.39 is 5.41 Å². The standard InChI is InChI=1S/C15H22O4/c1-5-14(2,3)12(16)18-10-8-6-9-11(10)19-13(17)15(9,4)7-8/h8-11H,5-7H2,1-4H3. The van der Waals surface area contributed by atoms with Gasteiger partial charge in [0.15, 0.2) is 0 Å². The van der Waals surface area contributed by atoms with Gasteiger partial charge in [0.05, 0.1) is 10.8 Å². The molecular formula is C15H22O4. The van der Waals surface area contributed by atoms with Crippen LogP contribution in [0.15, 0.2) is 0 Å². The molecule has 106 valence electrons. The van der Waals surface area contributed by atoms with E-state index in [9.17, 15) is 9.59 Å². The Bertz CT molecular complexity index is 441. The lowest BCUT2D eigenvalue weighted by Gasteiger charge is -2.31. The summed E-state index contributed by atoms with van der Waals surface area (Å²) in [5, 5.41) is 0. The van der Waals surface area contributed by atoms with Crippen molar-refractivity contribution in [2.24, 2.45) is 22.7 Å². The Kier molecular flexibility index (Phi) is 2.55. The van der Waals surface area contributed by atoms with Crippen LogP contribution in [-0.2, 0) is 19.1 Å². The summed E-state index contributed by atoms with van der Waals surface area (Å²) in [6.07, 6.45) is 2.08. The van der Waals surface area contributed by atoms with Crippen molar-refractivity contribution in [3.05, 3.63) is 0 Å². The summed E-state index contributed by atoms with van der Waals surface area (Å²) < 4.78 is 11.2. The zero-order valence-electron chi connectivity index (χ0n) is 12.1. The molecule has 3 fully saturated rings. The van der Waals surface area contributed by atoms with Gasteiger partial charge in [-0.1, -0.05) is 6.92 Å².